The van der Waals surface area contributed by atoms with E-state index in [1.165, 1.54) is 18.2 Å². The molecule has 0 aliphatic rings. The van der Waals surface area contributed by atoms with Gasteiger partial charge in [0.2, 0.25) is 0 Å². The standard InChI is InChI=1S/C17H13IN2O3/c1-23-16-8-11(7-13(18)9-16)6-12(10-19)17(22)20-14-2-4-15(21)5-3-14/h2-9,21H,1H3,(H,20,22)/b12-6+. The van der Waals surface area contributed by atoms with Crippen LogP contribution >= 0.6 is 22.6 Å². The number of anilines is 1. The highest BCUT2D eigenvalue weighted by Crippen LogP contribution is 2.21. The molecule has 0 unspecified atom stereocenters. The predicted molar refractivity (Wildman–Crippen MR) is 96.0 cm³/mol. The van der Waals surface area contributed by atoms with Crippen LogP contribution in [0.3, 0.4) is 0 Å². The number of amides is 1. The first-order valence-electron chi connectivity index (χ1n) is 6.58. The summed E-state index contributed by atoms with van der Waals surface area (Å²) in [6, 6.07) is 13.3. The normalized spacial score (nSPS) is 10.7. The summed E-state index contributed by atoms with van der Waals surface area (Å²) >= 11 is 2.14. The van der Waals surface area contributed by atoms with E-state index < -0.39 is 5.91 Å². The van der Waals surface area contributed by atoms with E-state index in [1.807, 2.05) is 18.2 Å². The molecule has 0 atom stereocenters. The molecule has 6 heteroatoms. The summed E-state index contributed by atoms with van der Waals surface area (Å²) in [7, 11) is 1.56. The summed E-state index contributed by atoms with van der Waals surface area (Å²) in [4.78, 5) is 12.2. The van der Waals surface area contributed by atoms with Gasteiger partial charge in [0.05, 0.1) is 7.11 Å². The van der Waals surface area contributed by atoms with Crippen molar-refractivity contribution in [2.75, 3.05) is 12.4 Å². The number of hydrogen-bond donors (Lipinski definition) is 2. The van der Waals surface area contributed by atoms with Gasteiger partial charge in [0.1, 0.15) is 23.1 Å². The Hall–Kier alpha value is -2.53. The van der Waals surface area contributed by atoms with Crippen molar-refractivity contribution in [2.24, 2.45) is 0 Å². The number of hydrogen-bond acceptors (Lipinski definition) is 4. The number of methoxy groups -OCH3 is 1. The number of rotatable bonds is 4. The molecule has 0 fully saturated rings. The van der Waals surface area contributed by atoms with Crippen molar-refractivity contribution in [3.05, 3.63) is 57.2 Å². The molecule has 2 aromatic rings. The van der Waals surface area contributed by atoms with E-state index in [4.69, 9.17) is 4.74 Å². The SMILES string of the molecule is COc1cc(I)cc(/C=C(\C#N)C(=O)Nc2ccc(O)cc2)c1. The second-order valence-corrected chi connectivity index (χ2v) is 5.84. The second-order valence-electron chi connectivity index (χ2n) is 4.60. The van der Waals surface area contributed by atoms with Crippen LogP contribution in [0.4, 0.5) is 5.69 Å². The fraction of sp³-hybridized carbons (Fsp3) is 0.0588. The molecule has 2 aromatic carbocycles. The van der Waals surface area contributed by atoms with E-state index >= 15 is 0 Å². The van der Waals surface area contributed by atoms with Crippen LogP contribution in [0.2, 0.25) is 0 Å². The summed E-state index contributed by atoms with van der Waals surface area (Å²) in [5.41, 5.74) is 1.17. The molecule has 5 nitrogen and oxygen atoms in total. The monoisotopic (exact) mass is 420 g/mol. The highest BCUT2D eigenvalue weighted by Gasteiger charge is 2.10. The Morgan fingerprint density at radius 1 is 1.30 bits per heavy atom. The zero-order valence-electron chi connectivity index (χ0n) is 12.2. The first kappa shape index (κ1) is 16.8. The topological polar surface area (TPSA) is 82.3 Å². The molecular formula is C17H13IN2O3. The third-order valence-electron chi connectivity index (χ3n) is 2.93. The molecular weight excluding hydrogens is 407 g/mol. The van der Waals surface area contributed by atoms with E-state index in [-0.39, 0.29) is 11.3 Å². The van der Waals surface area contributed by atoms with Crippen LogP contribution in [0.1, 0.15) is 5.56 Å². The molecule has 0 bridgehead atoms. The Morgan fingerprint density at radius 2 is 2.00 bits per heavy atom. The number of nitriles is 1. The van der Waals surface area contributed by atoms with Crippen molar-refractivity contribution >= 4 is 40.3 Å². The lowest BCUT2D eigenvalue weighted by Crippen LogP contribution is -2.13. The Kier molecular flexibility index (Phi) is 5.60. The number of benzene rings is 2. The Bertz CT molecular complexity index is 792. The number of phenols is 1. The number of halogens is 1. The number of phenolic OH excluding ortho intramolecular Hbond substituents is 1. The summed E-state index contributed by atoms with van der Waals surface area (Å²) in [5.74, 6) is 0.236. The lowest BCUT2D eigenvalue weighted by molar-refractivity contribution is -0.112. The van der Waals surface area contributed by atoms with Gasteiger partial charge in [-0.2, -0.15) is 5.26 Å². The van der Waals surface area contributed by atoms with E-state index in [1.54, 1.807) is 25.3 Å². The van der Waals surface area contributed by atoms with Crippen molar-refractivity contribution in [3.8, 4) is 17.6 Å². The zero-order valence-corrected chi connectivity index (χ0v) is 14.4. The third-order valence-corrected chi connectivity index (χ3v) is 3.55. The lowest BCUT2D eigenvalue weighted by Gasteiger charge is -2.06. The quantitative estimate of drug-likeness (QED) is 0.343. The van der Waals surface area contributed by atoms with E-state index in [0.29, 0.717) is 17.0 Å². The average Bonchev–Trinajstić information content (AvgIpc) is 2.54. The Balaban J connectivity index is 2.24. The van der Waals surface area contributed by atoms with Gasteiger partial charge < -0.3 is 15.2 Å². The van der Waals surface area contributed by atoms with Gasteiger partial charge in [-0.1, -0.05) is 0 Å². The molecule has 0 heterocycles. The van der Waals surface area contributed by atoms with Gasteiger partial charge in [-0.15, -0.1) is 0 Å². The first-order chi connectivity index (χ1) is 11.0. The molecule has 0 aromatic heterocycles. The van der Waals surface area contributed by atoms with Gasteiger partial charge >= 0.3 is 0 Å². The fourth-order valence-electron chi connectivity index (χ4n) is 1.84. The second kappa shape index (κ2) is 7.65. The Morgan fingerprint density at radius 3 is 2.61 bits per heavy atom. The molecule has 1 amide bonds. The van der Waals surface area contributed by atoms with Crippen molar-refractivity contribution < 1.29 is 14.6 Å². The Labute approximate surface area is 147 Å². The highest BCUT2D eigenvalue weighted by atomic mass is 127. The van der Waals surface area contributed by atoms with Crippen LogP contribution < -0.4 is 10.1 Å². The number of carbonyl (C=O) groups excluding carboxylic acids is 1. The molecule has 116 valence electrons. The molecule has 0 saturated carbocycles. The third kappa shape index (κ3) is 4.72. The van der Waals surface area contributed by atoms with Crippen LogP contribution in [0.5, 0.6) is 11.5 Å². The van der Waals surface area contributed by atoms with E-state index in [9.17, 15) is 15.2 Å². The molecule has 0 aliphatic carbocycles. The minimum atomic E-state index is -0.518. The molecule has 0 spiro atoms. The van der Waals surface area contributed by atoms with Crippen molar-refractivity contribution in [1.29, 1.82) is 5.26 Å². The van der Waals surface area contributed by atoms with Gasteiger partial charge in [-0.3, -0.25) is 4.79 Å². The summed E-state index contributed by atoms with van der Waals surface area (Å²) in [5, 5.41) is 21.1. The van der Waals surface area contributed by atoms with Gasteiger partial charge in [0.25, 0.3) is 5.91 Å². The maximum atomic E-state index is 12.2. The summed E-state index contributed by atoms with van der Waals surface area (Å²) in [6.45, 7) is 0. The average molecular weight is 420 g/mol. The predicted octanol–water partition coefficient (Wildman–Crippen LogP) is 3.55. The number of ether oxygens (including phenoxy) is 1. The van der Waals surface area contributed by atoms with Gasteiger partial charge in [0.15, 0.2) is 0 Å². The summed E-state index contributed by atoms with van der Waals surface area (Å²) < 4.78 is 6.11. The van der Waals surface area contributed by atoms with Crippen molar-refractivity contribution in [3.63, 3.8) is 0 Å². The molecule has 23 heavy (non-hydrogen) atoms. The maximum Gasteiger partial charge on any atom is 0.266 e. The smallest absolute Gasteiger partial charge is 0.266 e. The minimum absolute atomic E-state index is 0.0258. The van der Waals surface area contributed by atoms with Crippen LogP contribution in [0, 0.1) is 14.9 Å². The van der Waals surface area contributed by atoms with Crippen LogP contribution in [0.25, 0.3) is 6.08 Å². The number of nitrogens with zero attached hydrogens (tertiary/aromatic N) is 1. The van der Waals surface area contributed by atoms with E-state index in [0.717, 1.165) is 3.57 Å². The van der Waals surface area contributed by atoms with Gasteiger partial charge in [-0.25, -0.2) is 0 Å². The largest absolute Gasteiger partial charge is 0.508 e. The van der Waals surface area contributed by atoms with Gasteiger partial charge in [-0.05, 0) is 76.7 Å². The molecule has 0 radical (unpaired) electrons. The van der Waals surface area contributed by atoms with E-state index in [2.05, 4.69) is 27.9 Å². The molecule has 0 saturated heterocycles. The highest BCUT2D eigenvalue weighted by molar-refractivity contribution is 14.1. The number of nitrogens with one attached hydrogen (secondary N) is 1. The fourth-order valence-corrected chi connectivity index (χ4v) is 2.51. The maximum absolute atomic E-state index is 12.2. The van der Waals surface area contributed by atoms with Crippen molar-refractivity contribution in [2.45, 2.75) is 0 Å². The molecule has 2 rings (SSSR count). The minimum Gasteiger partial charge on any atom is -0.508 e. The van der Waals surface area contributed by atoms with Crippen LogP contribution in [-0.4, -0.2) is 18.1 Å². The first-order valence-corrected chi connectivity index (χ1v) is 7.66. The van der Waals surface area contributed by atoms with Crippen LogP contribution in [0.15, 0.2) is 48.0 Å². The molecule has 2 N–H and O–H groups in total. The lowest BCUT2D eigenvalue weighted by atomic mass is 10.1. The number of carbonyl (C=O) groups is 1. The van der Waals surface area contributed by atoms with Crippen molar-refractivity contribution in [1.82, 2.24) is 0 Å². The van der Waals surface area contributed by atoms with Gasteiger partial charge in [0, 0.05) is 9.26 Å². The molecule has 0 aliphatic heterocycles. The number of aromatic hydroxyl groups is 1. The summed E-state index contributed by atoms with van der Waals surface area (Å²) in [6.07, 6.45) is 1.50. The van der Waals surface area contributed by atoms with Crippen LogP contribution in [-0.2, 0) is 4.79 Å². The zero-order chi connectivity index (χ0) is 16.8.